The van der Waals surface area contributed by atoms with E-state index in [0.29, 0.717) is 18.5 Å². The number of amides is 2. The second-order valence-electron chi connectivity index (χ2n) is 11.2. The van der Waals surface area contributed by atoms with Gasteiger partial charge >= 0.3 is 0 Å². The quantitative estimate of drug-likeness (QED) is 0.361. The van der Waals surface area contributed by atoms with Crippen LogP contribution in [0.3, 0.4) is 0 Å². The summed E-state index contributed by atoms with van der Waals surface area (Å²) >= 11 is 0. The molecular formula is C33H40N2O2. The molecule has 4 heteroatoms. The van der Waals surface area contributed by atoms with Crippen molar-refractivity contribution in [3.63, 3.8) is 0 Å². The summed E-state index contributed by atoms with van der Waals surface area (Å²) in [6.07, 6.45) is 3.45. The van der Waals surface area contributed by atoms with E-state index in [9.17, 15) is 9.59 Å². The van der Waals surface area contributed by atoms with Crippen molar-refractivity contribution in [1.29, 1.82) is 0 Å². The van der Waals surface area contributed by atoms with Gasteiger partial charge in [0, 0.05) is 31.6 Å². The van der Waals surface area contributed by atoms with E-state index in [2.05, 4.69) is 52.0 Å². The first-order valence-corrected chi connectivity index (χ1v) is 13.6. The zero-order valence-corrected chi connectivity index (χ0v) is 22.7. The lowest BCUT2D eigenvalue weighted by Crippen LogP contribution is -2.51. The highest BCUT2D eigenvalue weighted by atomic mass is 16.2. The number of carbonyl (C=O) groups excluding carboxylic acids is 2. The van der Waals surface area contributed by atoms with Gasteiger partial charge < -0.3 is 9.80 Å². The fourth-order valence-electron chi connectivity index (χ4n) is 5.00. The van der Waals surface area contributed by atoms with Crippen LogP contribution in [-0.4, -0.2) is 40.7 Å². The van der Waals surface area contributed by atoms with Crippen molar-refractivity contribution in [2.24, 2.45) is 0 Å². The summed E-state index contributed by atoms with van der Waals surface area (Å²) in [6, 6.07) is 25.8. The number of hydrogen-bond donors (Lipinski definition) is 0. The minimum absolute atomic E-state index is 0.0474. The third-order valence-corrected chi connectivity index (χ3v) is 7.39. The molecule has 1 unspecified atom stereocenters. The van der Waals surface area contributed by atoms with Crippen LogP contribution in [-0.2, 0) is 29.6 Å². The van der Waals surface area contributed by atoms with Crippen molar-refractivity contribution in [3.05, 3.63) is 107 Å². The van der Waals surface area contributed by atoms with Crippen molar-refractivity contribution in [3.8, 4) is 0 Å². The predicted octanol–water partition coefficient (Wildman–Crippen LogP) is 6.42. The lowest BCUT2D eigenvalue weighted by molar-refractivity contribution is -0.135. The van der Waals surface area contributed by atoms with Gasteiger partial charge in [0.1, 0.15) is 6.04 Å². The normalized spacial score (nSPS) is 14.4. The third-order valence-electron chi connectivity index (χ3n) is 7.39. The fraction of sp³-hybridized carbons (Fsp3) is 0.394. The Morgan fingerprint density at radius 2 is 1.41 bits per heavy atom. The Balaban J connectivity index is 1.72. The number of hydrogen-bond acceptors (Lipinski definition) is 2. The first kappa shape index (κ1) is 26.7. The van der Waals surface area contributed by atoms with Gasteiger partial charge in [-0.05, 0) is 59.1 Å². The van der Waals surface area contributed by atoms with Crippen LogP contribution in [0, 0.1) is 0 Å². The topological polar surface area (TPSA) is 40.6 Å². The Kier molecular flexibility index (Phi) is 8.48. The van der Waals surface area contributed by atoms with E-state index in [4.69, 9.17) is 0 Å². The first-order chi connectivity index (χ1) is 17.8. The van der Waals surface area contributed by atoms with Crippen molar-refractivity contribution in [1.82, 2.24) is 9.80 Å². The van der Waals surface area contributed by atoms with Crippen LogP contribution in [0.1, 0.15) is 73.1 Å². The number of rotatable bonds is 8. The molecule has 4 rings (SSSR count). The van der Waals surface area contributed by atoms with E-state index in [0.717, 1.165) is 43.5 Å². The Morgan fingerprint density at radius 1 is 0.811 bits per heavy atom. The fourth-order valence-corrected chi connectivity index (χ4v) is 5.00. The zero-order chi connectivity index (χ0) is 26.4. The van der Waals surface area contributed by atoms with E-state index in [1.807, 2.05) is 59.5 Å². The maximum Gasteiger partial charge on any atom is 0.254 e. The molecule has 0 radical (unpaired) electrons. The monoisotopic (exact) mass is 496 g/mol. The molecule has 1 heterocycles. The van der Waals surface area contributed by atoms with Crippen LogP contribution in [0.15, 0.2) is 78.9 Å². The molecule has 2 amide bonds. The first-order valence-electron chi connectivity index (χ1n) is 13.6. The number of benzene rings is 3. The van der Waals surface area contributed by atoms with Gasteiger partial charge in [0.05, 0.1) is 0 Å². The molecule has 1 fully saturated rings. The molecule has 1 aliphatic heterocycles. The van der Waals surface area contributed by atoms with E-state index >= 15 is 0 Å². The van der Waals surface area contributed by atoms with Crippen molar-refractivity contribution in [2.75, 3.05) is 13.1 Å². The average molecular weight is 497 g/mol. The second kappa shape index (κ2) is 11.8. The van der Waals surface area contributed by atoms with Crippen LogP contribution in [0.4, 0.5) is 0 Å². The molecule has 0 spiro atoms. The van der Waals surface area contributed by atoms with Gasteiger partial charge in [-0.2, -0.15) is 0 Å². The van der Waals surface area contributed by atoms with Crippen LogP contribution in [0.5, 0.6) is 0 Å². The van der Waals surface area contributed by atoms with Gasteiger partial charge in [0.15, 0.2) is 0 Å². The maximum absolute atomic E-state index is 14.1. The summed E-state index contributed by atoms with van der Waals surface area (Å²) < 4.78 is 0. The summed E-state index contributed by atoms with van der Waals surface area (Å²) in [4.78, 5) is 31.8. The van der Waals surface area contributed by atoms with Crippen LogP contribution in [0.2, 0.25) is 0 Å². The van der Waals surface area contributed by atoms with Gasteiger partial charge in [-0.15, -0.1) is 0 Å². The molecule has 194 valence electrons. The van der Waals surface area contributed by atoms with E-state index in [1.54, 1.807) is 4.90 Å². The largest absolute Gasteiger partial charge is 0.341 e. The minimum atomic E-state index is -0.568. The standard InChI is InChI=1S/C33H40N2O2/c1-5-25-13-17-28(18-14-25)31(36)35(24-27-15-19-29(20-16-27)33(2,3)4)30(23-26-11-7-6-8-12-26)32(37)34-21-9-10-22-34/h6-8,11-20,30H,5,9-10,21-24H2,1-4H3. The smallest absolute Gasteiger partial charge is 0.254 e. The molecule has 0 saturated carbocycles. The lowest BCUT2D eigenvalue weighted by Gasteiger charge is -2.34. The van der Waals surface area contributed by atoms with Crippen LogP contribution >= 0.6 is 0 Å². The molecule has 0 aliphatic carbocycles. The number of aryl methyl sites for hydroxylation is 1. The van der Waals surface area contributed by atoms with Crippen molar-refractivity contribution >= 4 is 11.8 Å². The van der Waals surface area contributed by atoms with E-state index in [1.165, 1.54) is 11.1 Å². The molecule has 1 atom stereocenters. The molecule has 37 heavy (non-hydrogen) atoms. The molecular weight excluding hydrogens is 456 g/mol. The highest BCUT2D eigenvalue weighted by molar-refractivity contribution is 5.97. The molecule has 3 aromatic carbocycles. The predicted molar refractivity (Wildman–Crippen MR) is 151 cm³/mol. The molecule has 0 bridgehead atoms. The van der Waals surface area contributed by atoms with Gasteiger partial charge in [0.25, 0.3) is 5.91 Å². The summed E-state index contributed by atoms with van der Waals surface area (Å²) in [5, 5.41) is 0. The van der Waals surface area contributed by atoms with Crippen molar-refractivity contribution < 1.29 is 9.59 Å². The lowest BCUT2D eigenvalue weighted by atomic mass is 9.86. The molecule has 0 aromatic heterocycles. The van der Waals surface area contributed by atoms with E-state index in [-0.39, 0.29) is 17.2 Å². The molecule has 4 nitrogen and oxygen atoms in total. The maximum atomic E-state index is 14.1. The van der Waals surface area contributed by atoms with Gasteiger partial charge in [-0.25, -0.2) is 0 Å². The summed E-state index contributed by atoms with van der Waals surface area (Å²) in [7, 11) is 0. The highest BCUT2D eigenvalue weighted by Crippen LogP contribution is 2.25. The van der Waals surface area contributed by atoms with Gasteiger partial charge in [-0.1, -0.05) is 94.4 Å². The summed E-state index contributed by atoms with van der Waals surface area (Å²) in [5.74, 6) is -0.0535. The van der Waals surface area contributed by atoms with Crippen LogP contribution in [0.25, 0.3) is 0 Å². The highest BCUT2D eigenvalue weighted by Gasteiger charge is 2.34. The number of likely N-dealkylation sites (tertiary alicyclic amines) is 1. The molecule has 0 N–H and O–H groups in total. The Morgan fingerprint density at radius 3 is 1.97 bits per heavy atom. The minimum Gasteiger partial charge on any atom is -0.341 e. The number of nitrogens with zero attached hydrogens (tertiary/aromatic N) is 2. The van der Waals surface area contributed by atoms with Gasteiger partial charge in [-0.3, -0.25) is 9.59 Å². The Bertz CT molecular complexity index is 1170. The number of carbonyl (C=O) groups is 2. The molecule has 1 aliphatic rings. The summed E-state index contributed by atoms with van der Waals surface area (Å²) in [5.41, 5.74) is 5.20. The Labute approximate surface area is 222 Å². The zero-order valence-electron chi connectivity index (χ0n) is 22.7. The molecule has 1 saturated heterocycles. The SMILES string of the molecule is CCc1ccc(C(=O)N(Cc2ccc(C(C)(C)C)cc2)C(Cc2ccccc2)C(=O)N2CCCC2)cc1. The van der Waals surface area contributed by atoms with E-state index < -0.39 is 6.04 Å². The summed E-state index contributed by atoms with van der Waals surface area (Å²) in [6.45, 7) is 10.6. The second-order valence-corrected chi connectivity index (χ2v) is 11.2. The third kappa shape index (κ3) is 6.68. The Hall–Kier alpha value is -3.40. The average Bonchev–Trinajstić information content (AvgIpc) is 3.45. The van der Waals surface area contributed by atoms with Crippen molar-refractivity contribution in [2.45, 2.75) is 71.4 Å². The molecule has 3 aromatic rings. The van der Waals surface area contributed by atoms with Gasteiger partial charge in [0.2, 0.25) is 5.91 Å². The van der Waals surface area contributed by atoms with Crippen LogP contribution < -0.4 is 0 Å².